The van der Waals surface area contributed by atoms with Crippen molar-refractivity contribution in [2.75, 3.05) is 56.1 Å². The number of benzene rings is 2. The van der Waals surface area contributed by atoms with E-state index >= 15 is 0 Å². The zero-order chi connectivity index (χ0) is 35.4. The minimum absolute atomic E-state index is 0.0278. The van der Waals surface area contributed by atoms with Crippen molar-refractivity contribution in [3.05, 3.63) is 82.5 Å². The van der Waals surface area contributed by atoms with Crippen LogP contribution in [0.5, 0.6) is 5.75 Å². The number of phenols is 1. The summed E-state index contributed by atoms with van der Waals surface area (Å²) in [5, 5.41) is 13.3. The number of esters is 1. The number of likely N-dealkylation sites (tertiary alicyclic amines) is 1. The van der Waals surface area contributed by atoms with Crippen molar-refractivity contribution >= 4 is 35.5 Å². The average molecular weight is 685 g/mol. The highest BCUT2D eigenvalue weighted by Crippen LogP contribution is 2.29. The number of carbonyl (C=O) groups excluding carboxylic acids is 4. The maximum Gasteiger partial charge on any atom is 0.410 e. The number of nitrogens with one attached hydrogen (secondary N) is 1. The molecule has 264 valence electrons. The zero-order valence-corrected chi connectivity index (χ0v) is 28.8. The number of rotatable bonds is 8. The smallest absolute Gasteiger partial charge is 0.410 e. The molecule has 4 heterocycles. The fraction of sp³-hybridized carbons (Fsp3) is 0.432. The highest BCUT2D eigenvalue weighted by Gasteiger charge is 2.36. The molecule has 3 aliphatic rings. The van der Waals surface area contributed by atoms with E-state index in [4.69, 9.17) is 9.47 Å². The van der Waals surface area contributed by atoms with Crippen LogP contribution < -0.4 is 10.2 Å². The van der Waals surface area contributed by atoms with Crippen LogP contribution in [0.2, 0.25) is 0 Å². The molecule has 2 fully saturated rings. The fourth-order valence-corrected chi connectivity index (χ4v) is 6.90. The van der Waals surface area contributed by atoms with Gasteiger partial charge < -0.3 is 39.5 Å². The second-order valence-corrected chi connectivity index (χ2v) is 13.0. The molecule has 1 atom stereocenters. The Morgan fingerprint density at radius 3 is 2.32 bits per heavy atom. The number of nitrogens with zero attached hydrogens (tertiary/aromatic N) is 5. The quantitative estimate of drug-likeness (QED) is 0.328. The van der Waals surface area contributed by atoms with Crippen molar-refractivity contribution in [1.82, 2.24) is 19.7 Å². The van der Waals surface area contributed by atoms with Gasteiger partial charge in [0.25, 0.3) is 5.91 Å². The standard InChI is InChI=1S/C37H44N6O7/c1-4-49-35(46)27-9-10-32(38-22-27)40-15-17-41(18-16-40)34(45)31(21-26-19-24(2)33(44)25(3)20-26)50-37(48)42-13-11-29(12-14-42)43-23-28-7-5-6-8-30(28)39-36(43)47/h5-10,19-20,22,29,31,44H,4,11-18,21,23H2,1-3H3,(H,39,47)/t31-/m1/s1. The molecule has 0 aliphatic carbocycles. The summed E-state index contributed by atoms with van der Waals surface area (Å²) in [4.78, 5) is 64.1. The number of para-hydroxylation sites is 1. The Morgan fingerprint density at radius 1 is 0.960 bits per heavy atom. The Morgan fingerprint density at radius 2 is 1.66 bits per heavy atom. The van der Waals surface area contributed by atoms with Crippen molar-refractivity contribution in [2.45, 2.75) is 58.7 Å². The van der Waals surface area contributed by atoms with Crippen LogP contribution in [0.15, 0.2) is 54.7 Å². The van der Waals surface area contributed by atoms with Crippen molar-refractivity contribution in [3.8, 4) is 5.75 Å². The normalized spacial score (nSPS) is 17.1. The first-order valence-corrected chi connectivity index (χ1v) is 17.2. The molecular weight excluding hydrogens is 640 g/mol. The highest BCUT2D eigenvalue weighted by molar-refractivity contribution is 5.92. The third-order valence-corrected chi connectivity index (χ3v) is 9.69. The van der Waals surface area contributed by atoms with Crippen LogP contribution in [0.3, 0.4) is 0 Å². The molecule has 3 aromatic rings. The number of ether oxygens (including phenoxy) is 2. The number of phenolic OH excluding ortho intramolecular Hbond substituents is 1. The van der Waals surface area contributed by atoms with E-state index in [2.05, 4.69) is 10.3 Å². The van der Waals surface area contributed by atoms with Gasteiger partial charge in [0.1, 0.15) is 11.6 Å². The van der Waals surface area contributed by atoms with Gasteiger partial charge in [-0.25, -0.2) is 19.4 Å². The van der Waals surface area contributed by atoms with Crippen LogP contribution in [0.4, 0.5) is 21.1 Å². The molecule has 0 spiro atoms. The Hall–Kier alpha value is -5.33. The SMILES string of the molecule is CCOC(=O)c1ccc(N2CCN(C(=O)[C@@H](Cc3cc(C)c(O)c(C)c3)OC(=O)N3CCC(N4Cc5ccccc5NC4=O)CC3)CC2)nc1. The number of hydrogen-bond donors (Lipinski definition) is 2. The number of aromatic hydroxyl groups is 1. The second kappa shape index (κ2) is 15.1. The van der Waals surface area contributed by atoms with Gasteiger partial charge in [-0.2, -0.15) is 0 Å². The Balaban J connectivity index is 1.09. The first-order chi connectivity index (χ1) is 24.1. The molecular formula is C37H44N6O7. The molecule has 2 saturated heterocycles. The number of piperidine rings is 1. The van der Waals surface area contributed by atoms with Gasteiger partial charge >= 0.3 is 18.1 Å². The van der Waals surface area contributed by atoms with Crippen molar-refractivity contribution in [2.24, 2.45) is 0 Å². The summed E-state index contributed by atoms with van der Waals surface area (Å²) in [6.45, 7) is 8.76. The predicted octanol–water partition coefficient (Wildman–Crippen LogP) is 4.49. The molecule has 2 aromatic carbocycles. The average Bonchev–Trinajstić information content (AvgIpc) is 3.13. The van der Waals surface area contributed by atoms with E-state index < -0.39 is 18.2 Å². The molecule has 13 heteroatoms. The number of hydrogen-bond acceptors (Lipinski definition) is 9. The fourth-order valence-electron chi connectivity index (χ4n) is 6.90. The molecule has 0 unspecified atom stereocenters. The molecule has 50 heavy (non-hydrogen) atoms. The van der Waals surface area contributed by atoms with E-state index in [-0.39, 0.29) is 36.8 Å². The number of aromatic nitrogens is 1. The molecule has 4 amide bonds. The van der Waals surface area contributed by atoms with E-state index in [0.717, 1.165) is 16.8 Å². The lowest BCUT2D eigenvalue weighted by atomic mass is 10.00. The van der Waals surface area contributed by atoms with Crippen molar-refractivity contribution in [1.29, 1.82) is 0 Å². The van der Waals surface area contributed by atoms with E-state index in [0.29, 0.717) is 81.2 Å². The van der Waals surface area contributed by atoms with Gasteiger partial charge in [0.2, 0.25) is 0 Å². The summed E-state index contributed by atoms with van der Waals surface area (Å²) in [5.74, 6) is 0.178. The van der Waals surface area contributed by atoms with Crippen LogP contribution in [0.25, 0.3) is 0 Å². The van der Waals surface area contributed by atoms with Crippen molar-refractivity contribution < 1.29 is 33.8 Å². The summed E-state index contributed by atoms with van der Waals surface area (Å²) in [5.41, 5.74) is 4.40. The third-order valence-electron chi connectivity index (χ3n) is 9.69. The van der Waals surface area contributed by atoms with Crippen LogP contribution in [0.1, 0.15) is 52.4 Å². The summed E-state index contributed by atoms with van der Waals surface area (Å²) < 4.78 is 11.0. The predicted molar refractivity (Wildman–Crippen MR) is 186 cm³/mol. The minimum atomic E-state index is -1.07. The Labute approximate surface area is 291 Å². The maximum atomic E-state index is 14.0. The lowest BCUT2D eigenvalue weighted by Gasteiger charge is -2.40. The lowest BCUT2D eigenvalue weighted by Crippen LogP contribution is -2.54. The lowest BCUT2D eigenvalue weighted by molar-refractivity contribution is -0.141. The van der Waals surface area contributed by atoms with Gasteiger partial charge in [-0.3, -0.25) is 4.79 Å². The number of fused-ring (bicyclic) bond motifs is 1. The summed E-state index contributed by atoms with van der Waals surface area (Å²) in [6.07, 6.45) is 1.21. The third kappa shape index (κ3) is 7.61. The first-order valence-electron chi connectivity index (χ1n) is 17.2. The number of anilines is 2. The topological polar surface area (TPSA) is 145 Å². The molecule has 0 bridgehead atoms. The van der Waals surface area contributed by atoms with E-state index in [1.54, 1.807) is 42.7 Å². The van der Waals surface area contributed by atoms with Gasteiger partial charge in [0, 0.05) is 70.2 Å². The number of piperazine rings is 1. The number of carbonyl (C=O) groups is 4. The van der Waals surface area contributed by atoms with Crippen LogP contribution >= 0.6 is 0 Å². The summed E-state index contributed by atoms with van der Waals surface area (Å²) >= 11 is 0. The Kier molecular flexibility index (Phi) is 10.4. The second-order valence-electron chi connectivity index (χ2n) is 13.0. The molecule has 6 rings (SSSR count). The number of aryl methyl sites for hydroxylation is 2. The summed E-state index contributed by atoms with van der Waals surface area (Å²) in [6, 6.07) is 14.7. The van der Waals surface area contributed by atoms with E-state index in [9.17, 15) is 24.3 Å². The van der Waals surface area contributed by atoms with Gasteiger partial charge in [0.15, 0.2) is 6.10 Å². The van der Waals surface area contributed by atoms with Crippen molar-refractivity contribution in [3.63, 3.8) is 0 Å². The molecule has 0 radical (unpaired) electrons. The van der Waals surface area contributed by atoms with Gasteiger partial charge in [-0.15, -0.1) is 0 Å². The first kappa shape index (κ1) is 34.5. The molecule has 2 N–H and O–H groups in total. The number of urea groups is 1. The number of amides is 4. The minimum Gasteiger partial charge on any atom is -0.507 e. The van der Waals surface area contributed by atoms with Crippen LogP contribution in [0, 0.1) is 13.8 Å². The highest BCUT2D eigenvalue weighted by atomic mass is 16.6. The van der Waals surface area contributed by atoms with Gasteiger partial charge in [-0.1, -0.05) is 30.3 Å². The monoisotopic (exact) mass is 684 g/mol. The zero-order valence-electron chi connectivity index (χ0n) is 28.8. The largest absolute Gasteiger partial charge is 0.507 e. The molecule has 0 saturated carbocycles. The van der Waals surface area contributed by atoms with Gasteiger partial charge in [0.05, 0.1) is 12.2 Å². The van der Waals surface area contributed by atoms with E-state index in [1.807, 2.05) is 46.2 Å². The van der Waals surface area contributed by atoms with Gasteiger partial charge in [-0.05, 0) is 74.1 Å². The Bertz CT molecular complexity index is 1710. The molecule has 13 nitrogen and oxygen atoms in total. The molecule has 1 aromatic heterocycles. The van der Waals surface area contributed by atoms with E-state index in [1.165, 1.54) is 6.20 Å². The van der Waals surface area contributed by atoms with Crippen LogP contribution in [-0.2, 0) is 27.2 Å². The maximum absolute atomic E-state index is 14.0. The summed E-state index contributed by atoms with van der Waals surface area (Å²) in [7, 11) is 0. The number of pyridine rings is 1. The van der Waals surface area contributed by atoms with Crippen LogP contribution in [-0.4, -0.2) is 107 Å². The molecule has 3 aliphatic heterocycles.